The maximum atomic E-state index is 11.9. The summed E-state index contributed by atoms with van der Waals surface area (Å²) in [6.07, 6.45) is 27.4. The lowest BCUT2D eigenvalue weighted by atomic mass is 10.0. The number of allylic oxidation sites excluding steroid dienone is 2. The molecule has 0 aliphatic rings. The lowest BCUT2D eigenvalue weighted by molar-refractivity contribution is -0.142. The Morgan fingerprint density at radius 1 is 0.719 bits per heavy atom. The van der Waals surface area contributed by atoms with Crippen LogP contribution >= 0.6 is 0 Å². The van der Waals surface area contributed by atoms with Gasteiger partial charge in [0.25, 0.3) is 0 Å². The van der Waals surface area contributed by atoms with Crippen molar-refractivity contribution in [1.82, 2.24) is 5.32 Å². The standard InChI is InChI=1S/C28H53NO3/c1-4-5-6-7-8-9-10-11-12-13-14-15-16-17-18-19-20-21-22-23-27(30)29-26(28(31)32)24-25(2)3/h11-12,25-26H,4-10,13-24H2,1-3H3,(H,29,30)(H,31,32)/b12-11-. The number of nitrogens with one attached hydrogen (secondary N) is 1. The summed E-state index contributed by atoms with van der Waals surface area (Å²) in [4.78, 5) is 23.1. The summed E-state index contributed by atoms with van der Waals surface area (Å²) in [7, 11) is 0. The van der Waals surface area contributed by atoms with Crippen LogP contribution in [0.25, 0.3) is 0 Å². The Balaban J connectivity index is 3.39. The van der Waals surface area contributed by atoms with Crippen molar-refractivity contribution in [2.24, 2.45) is 5.92 Å². The Labute approximate surface area is 199 Å². The second kappa shape index (κ2) is 22.9. The Bertz CT molecular complexity index is 473. The van der Waals surface area contributed by atoms with E-state index in [4.69, 9.17) is 0 Å². The fourth-order valence-electron chi connectivity index (χ4n) is 4.02. The molecule has 0 bridgehead atoms. The minimum atomic E-state index is -0.934. The number of rotatable bonds is 23. The molecule has 2 N–H and O–H groups in total. The smallest absolute Gasteiger partial charge is 0.326 e. The van der Waals surface area contributed by atoms with Crippen molar-refractivity contribution in [1.29, 1.82) is 0 Å². The number of hydrogen-bond donors (Lipinski definition) is 2. The predicted octanol–water partition coefficient (Wildman–Crippen LogP) is 8.20. The van der Waals surface area contributed by atoms with Crippen molar-refractivity contribution in [2.75, 3.05) is 0 Å². The minimum Gasteiger partial charge on any atom is -0.480 e. The molecule has 1 unspecified atom stereocenters. The monoisotopic (exact) mass is 451 g/mol. The second-order valence-electron chi connectivity index (χ2n) is 9.84. The van der Waals surface area contributed by atoms with Crippen LogP contribution in [-0.2, 0) is 9.59 Å². The van der Waals surface area contributed by atoms with Gasteiger partial charge in [0.05, 0.1) is 0 Å². The highest BCUT2D eigenvalue weighted by atomic mass is 16.4. The normalized spacial score (nSPS) is 12.5. The third-order valence-corrected chi connectivity index (χ3v) is 6.01. The number of carboxylic acid groups (broad SMARTS) is 1. The van der Waals surface area contributed by atoms with Crippen LogP contribution in [0.15, 0.2) is 12.2 Å². The Morgan fingerprint density at radius 2 is 1.16 bits per heavy atom. The molecule has 0 fully saturated rings. The summed E-state index contributed by atoms with van der Waals surface area (Å²) in [5.74, 6) is -0.807. The molecule has 0 saturated heterocycles. The van der Waals surface area contributed by atoms with E-state index in [1.54, 1.807) is 0 Å². The first-order valence-corrected chi connectivity index (χ1v) is 13.6. The van der Waals surface area contributed by atoms with Crippen LogP contribution in [0, 0.1) is 5.92 Å². The van der Waals surface area contributed by atoms with Crippen molar-refractivity contribution >= 4 is 11.9 Å². The first-order valence-electron chi connectivity index (χ1n) is 13.6. The molecule has 0 radical (unpaired) electrons. The summed E-state index contributed by atoms with van der Waals surface area (Å²) in [6.45, 7) is 6.21. The van der Waals surface area contributed by atoms with Gasteiger partial charge >= 0.3 is 5.97 Å². The molecule has 0 saturated carbocycles. The van der Waals surface area contributed by atoms with Crippen LogP contribution in [0.5, 0.6) is 0 Å². The molecule has 0 heterocycles. The first kappa shape index (κ1) is 30.7. The molecule has 0 aromatic carbocycles. The maximum absolute atomic E-state index is 11.9. The fraction of sp³-hybridized carbons (Fsp3) is 0.857. The summed E-state index contributed by atoms with van der Waals surface area (Å²) in [6, 6.07) is -0.752. The van der Waals surface area contributed by atoms with Gasteiger partial charge in [0.1, 0.15) is 6.04 Å². The lowest BCUT2D eigenvalue weighted by Gasteiger charge is -2.16. The molecule has 0 aliphatic carbocycles. The molecule has 4 nitrogen and oxygen atoms in total. The van der Waals surface area contributed by atoms with Crippen LogP contribution in [0.2, 0.25) is 0 Å². The molecule has 4 heteroatoms. The number of carbonyl (C=O) groups excluding carboxylic acids is 1. The summed E-state index contributed by atoms with van der Waals surface area (Å²) in [5.41, 5.74) is 0. The zero-order valence-corrected chi connectivity index (χ0v) is 21.5. The van der Waals surface area contributed by atoms with Gasteiger partial charge < -0.3 is 10.4 Å². The summed E-state index contributed by atoms with van der Waals surface area (Å²) in [5, 5.41) is 11.9. The van der Waals surface area contributed by atoms with Gasteiger partial charge in [-0.3, -0.25) is 4.79 Å². The Morgan fingerprint density at radius 3 is 1.59 bits per heavy atom. The fourth-order valence-corrected chi connectivity index (χ4v) is 4.02. The molecule has 1 amide bonds. The van der Waals surface area contributed by atoms with Crippen LogP contribution in [-0.4, -0.2) is 23.0 Å². The summed E-state index contributed by atoms with van der Waals surface area (Å²) < 4.78 is 0. The van der Waals surface area contributed by atoms with E-state index < -0.39 is 12.0 Å². The molecule has 0 aliphatic heterocycles. The first-order chi connectivity index (χ1) is 15.5. The average Bonchev–Trinajstić information content (AvgIpc) is 2.74. The van der Waals surface area contributed by atoms with Crippen molar-refractivity contribution in [3.8, 4) is 0 Å². The zero-order chi connectivity index (χ0) is 23.9. The van der Waals surface area contributed by atoms with E-state index in [-0.39, 0.29) is 11.8 Å². The van der Waals surface area contributed by atoms with Crippen LogP contribution < -0.4 is 5.32 Å². The van der Waals surface area contributed by atoms with Crippen molar-refractivity contribution in [2.45, 2.75) is 149 Å². The van der Waals surface area contributed by atoms with E-state index in [1.165, 1.54) is 96.3 Å². The number of amides is 1. The predicted molar refractivity (Wildman–Crippen MR) is 137 cm³/mol. The second-order valence-corrected chi connectivity index (χ2v) is 9.84. The number of hydrogen-bond acceptors (Lipinski definition) is 2. The topological polar surface area (TPSA) is 66.4 Å². The zero-order valence-electron chi connectivity index (χ0n) is 21.5. The lowest BCUT2D eigenvalue weighted by Crippen LogP contribution is -2.41. The van der Waals surface area contributed by atoms with E-state index >= 15 is 0 Å². The highest BCUT2D eigenvalue weighted by Crippen LogP contribution is 2.13. The van der Waals surface area contributed by atoms with Crippen molar-refractivity contribution in [3.05, 3.63) is 12.2 Å². The van der Waals surface area contributed by atoms with Gasteiger partial charge in [0.15, 0.2) is 0 Å². The molecule has 0 rings (SSSR count). The van der Waals surface area contributed by atoms with E-state index in [1.807, 2.05) is 13.8 Å². The number of carboxylic acids is 1. The molecular weight excluding hydrogens is 398 g/mol. The quantitative estimate of drug-likeness (QED) is 0.121. The maximum Gasteiger partial charge on any atom is 0.326 e. The summed E-state index contributed by atoms with van der Waals surface area (Å²) >= 11 is 0. The third-order valence-electron chi connectivity index (χ3n) is 6.01. The highest BCUT2D eigenvalue weighted by Gasteiger charge is 2.20. The van der Waals surface area contributed by atoms with Gasteiger partial charge in [-0.25, -0.2) is 4.79 Å². The number of carbonyl (C=O) groups is 2. The van der Waals surface area contributed by atoms with Crippen LogP contribution in [0.4, 0.5) is 0 Å². The van der Waals surface area contributed by atoms with Gasteiger partial charge in [-0.1, -0.05) is 110 Å². The van der Waals surface area contributed by atoms with Crippen molar-refractivity contribution < 1.29 is 14.7 Å². The minimum absolute atomic E-state index is 0.126. The molecular formula is C28H53NO3. The molecule has 1 atom stereocenters. The average molecular weight is 452 g/mol. The SMILES string of the molecule is CCCCCCCC/C=C\CCCCCCCCCCCC(=O)NC(CC(C)C)C(=O)O. The molecule has 32 heavy (non-hydrogen) atoms. The van der Waals surface area contributed by atoms with E-state index in [0.29, 0.717) is 12.8 Å². The van der Waals surface area contributed by atoms with Gasteiger partial charge in [0.2, 0.25) is 5.91 Å². The highest BCUT2D eigenvalue weighted by molar-refractivity contribution is 5.83. The third kappa shape index (κ3) is 21.9. The van der Waals surface area contributed by atoms with Gasteiger partial charge in [-0.15, -0.1) is 0 Å². The Kier molecular flexibility index (Phi) is 21.9. The largest absolute Gasteiger partial charge is 0.480 e. The molecule has 188 valence electrons. The molecule has 0 spiro atoms. The van der Waals surface area contributed by atoms with Gasteiger partial charge in [-0.05, 0) is 44.4 Å². The van der Waals surface area contributed by atoms with Crippen LogP contribution in [0.1, 0.15) is 143 Å². The number of aliphatic carboxylic acids is 1. The van der Waals surface area contributed by atoms with Gasteiger partial charge in [-0.2, -0.15) is 0 Å². The molecule has 0 aromatic heterocycles. The van der Waals surface area contributed by atoms with E-state index in [9.17, 15) is 14.7 Å². The van der Waals surface area contributed by atoms with Gasteiger partial charge in [0, 0.05) is 6.42 Å². The van der Waals surface area contributed by atoms with E-state index in [2.05, 4.69) is 24.4 Å². The van der Waals surface area contributed by atoms with Crippen molar-refractivity contribution in [3.63, 3.8) is 0 Å². The number of unbranched alkanes of at least 4 members (excludes halogenated alkanes) is 15. The molecule has 0 aromatic rings. The van der Waals surface area contributed by atoms with E-state index in [0.717, 1.165) is 12.8 Å². The van der Waals surface area contributed by atoms with Crippen LogP contribution in [0.3, 0.4) is 0 Å². The Hall–Kier alpha value is -1.32.